The monoisotopic (exact) mass is 298 g/mol. The summed E-state index contributed by atoms with van der Waals surface area (Å²) in [4.78, 5) is 10.4. The van der Waals surface area contributed by atoms with Crippen molar-refractivity contribution in [1.82, 2.24) is 0 Å². The van der Waals surface area contributed by atoms with E-state index < -0.39 is 22.7 Å². The fraction of sp³-hybridized carbons (Fsp3) is 0.222. The molecule has 1 aromatic rings. The number of rotatable bonds is 3. The minimum atomic E-state index is -4.42. The molecule has 0 aromatic heterocycles. The Labute approximate surface area is 97.0 Å². The SMILES string of the molecule is O=C(O)C(Br)Oc1ccc(C(F)(F)F)cc1. The molecule has 1 atom stereocenters. The van der Waals surface area contributed by atoms with Crippen LogP contribution in [0.2, 0.25) is 0 Å². The van der Waals surface area contributed by atoms with Crippen molar-refractivity contribution in [2.24, 2.45) is 0 Å². The molecule has 0 radical (unpaired) electrons. The lowest BCUT2D eigenvalue weighted by Gasteiger charge is -2.10. The van der Waals surface area contributed by atoms with Crippen LogP contribution >= 0.6 is 15.9 Å². The van der Waals surface area contributed by atoms with Crippen molar-refractivity contribution in [3.63, 3.8) is 0 Å². The van der Waals surface area contributed by atoms with Gasteiger partial charge in [0.15, 0.2) is 0 Å². The second-order valence-corrected chi connectivity index (χ2v) is 3.63. The number of benzene rings is 1. The van der Waals surface area contributed by atoms with Crippen molar-refractivity contribution in [3.8, 4) is 5.75 Å². The molecule has 0 heterocycles. The van der Waals surface area contributed by atoms with E-state index in [1.807, 2.05) is 0 Å². The summed E-state index contributed by atoms with van der Waals surface area (Å²) in [7, 11) is 0. The zero-order chi connectivity index (χ0) is 12.3. The van der Waals surface area contributed by atoms with Gasteiger partial charge in [0, 0.05) is 0 Å². The summed E-state index contributed by atoms with van der Waals surface area (Å²) in [5, 5.41) is 7.19. The molecule has 1 unspecified atom stereocenters. The van der Waals surface area contributed by atoms with Crippen LogP contribution in [0.25, 0.3) is 0 Å². The number of ether oxygens (including phenoxy) is 1. The zero-order valence-electron chi connectivity index (χ0n) is 7.66. The summed E-state index contributed by atoms with van der Waals surface area (Å²) in [6.07, 6.45) is -4.42. The van der Waals surface area contributed by atoms with E-state index in [1.54, 1.807) is 0 Å². The first-order valence-corrected chi connectivity index (χ1v) is 4.93. The predicted octanol–water partition coefficient (Wildman–Crippen LogP) is 2.89. The van der Waals surface area contributed by atoms with Crippen LogP contribution in [0.4, 0.5) is 13.2 Å². The molecule has 0 saturated carbocycles. The first-order valence-electron chi connectivity index (χ1n) is 4.01. The van der Waals surface area contributed by atoms with Crippen LogP contribution in [0, 0.1) is 0 Å². The van der Waals surface area contributed by atoms with Gasteiger partial charge in [-0.15, -0.1) is 0 Å². The molecule has 0 spiro atoms. The molecule has 0 bridgehead atoms. The van der Waals surface area contributed by atoms with Crippen LogP contribution in [0.15, 0.2) is 24.3 Å². The van der Waals surface area contributed by atoms with Crippen molar-refractivity contribution in [2.45, 2.75) is 11.2 Å². The highest BCUT2D eigenvalue weighted by Gasteiger charge is 2.30. The van der Waals surface area contributed by atoms with Crippen LogP contribution in [-0.4, -0.2) is 16.1 Å². The number of aliphatic carboxylic acids is 1. The lowest BCUT2D eigenvalue weighted by Crippen LogP contribution is -2.19. The van der Waals surface area contributed by atoms with E-state index in [4.69, 9.17) is 9.84 Å². The third kappa shape index (κ3) is 3.41. The third-order valence-electron chi connectivity index (χ3n) is 1.62. The highest BCUT2D eigenvalue weighted by molar-refractivity contribution is 9.09. The summed E-state index contributed by atoms with van der Waals surface area (Å²) >= 11 is 2.69. The van der Waals surface area contributed by atoms with E-state index in [-0.39, 0.29) is 5.75 Å². The summed E-state index contributed by atoms with van der Waals surface area (Å²) in [6, 6.07) is 3.74. The van der Waals surface area contributed by atoms with Gasteiger partial charge in [0.1, 0.15) is 5.75 Å². The van der Waals surface area contributed by atoms with Crippen molar-refractivity contribution in [1.29, 1.82) is 0 Å². The summed E-state index contributed by atoms with van der Waals surface area (Å²) < 4.78 is 41.3. The molecule has 16 heavy (non-hydrogen) atoms. The fourth-order valence-electron chi connectivity index (χ4n) is 0.892. The predicted molar refractivity (Wildman–Crippen MR) is 52.4 cm³/mol. The quantitative estimate of drug-likeness (QED) is 0.873. The Morgan fingerprint density at radius 2 is 1.81 bits per heavy atom. The second-order valence-electron chi connectivity index (χ2n) is 2.79. The largest absolute Gasteiger partial charge is 0.478 e. The minimum Gasteiger partial charge on any atom is -0.478 e. The molecule has 1 rings (SSSR count). The number of carboxylic acids is 1. The lowest BCUT2D eigenvalue weighted by molar-refractivity contribution is -0.141. The fourth-order valence-corrected chi connectivity index (χ4v) is 1.11. The van der Waals surface area contributed by atoms with Crippen LogP contribution < -0.4 is 4.74 Å². The van der Waals surface area contributed by atoms with Gasteiger partial charge in [-0.1, -0.05) is 0 Å². The number of alkyl halides is 4. The van der Waals surface area contributed by atoms with Crippen LogP contribution in [0.5, 0.6) is 5.75 Å². The normalized spacial score (nSPS) is 13.2. The molecule has 0 aliphatic rings. The van der Waals surface area contributed by atoms with E-state index >= 15 is 0 Å². The Bertz CT molecular complexity index is 375. The number of hydrogen-bond acceptors (Lipinski definition) is 2. The topological polar surface area (TPSA) is 46.5 Å². The van der Waals surface area contributed by atoms with Crippen molar-refractivity contribution in [3.05, 3.63) is 29.8 Å². The molecule has 1 N–H and O–H groups in total. The highest BCUT2D eigenvalue weighted by Crippen LogP contribution is 2.30. The molecule has 3 nitrogen and oxygen atoms in total. The first-order chi connectivity index (χ1) is 7.30. The van der Waals surface area contributed by atoms with Crippen LogP contribution in [0.3, 0.4) is 0 Å². The van der Waals surface area contributed by atoms with Gasteiger partial charge in [0.05, 0.1) is 5.56 Å². The Morgan fingerprint density at radius 3 is 2.19 bits per heavy atom. The molecule has 0 aliphatic carbocycles. The van der Waals surface area contributed by atoms with Crippen molar-refractivity contribution >= 4 is 21.9 Å². The van der Waals surface area contributed by atoms with Gasteiger partial charge in [-0.3, -0.25) is 0 Å². The minimum absolute atomic E-state index is 0.0391. The van der Waals surface area contributed by atoms with Crippen LogP contribution in [0.1, 0.15) is 5.56 Å². The maximum atomic E-state index is 12.2. The first kappa shape index (κ1) is 12.8. The number of carboxylic acid groups (broad SMARTS) is 1. The van der Waals surface area contributed by atoms with Gasteiger partial charge in [-0.05, 0) is 40.2 Å². The molecule has 0 amide bonds. The van der Waals surface area contributed by atoms with Gasteiger partial charge in [0.25, 0.3) is 0 Å². The molecule has 1 aromatic carbocycles. The maximum Gasteiger partial charge on any atom is 0.416 e. The second kappa shape index (κ2) is 4.73. The number of carbonyl (C=O) groups is 1. The smallest absolute Gasteiger partial charge is 0.416 e. The third-order valence-corrected chi connectivity index (χ3v) is 2.19. The molecule has 7 heteroatoms. The Balaban J connectivity index is 2.76. The summed E-state index contributed by atoms with van der Waals surface area (Å²) in [5.74, 6) is -1.22. The maximum absolute atomic E-state index is 12.2. The zero-order valence-corrected chi connectivity index (χ0v) is 9.25. The Hall–Kier alpha value is -1.24. The van der Waals surface area contributed by atoms with E-state index in [0.29, 0.717) is 0 Å². The molecule has 88 valence electrons. The molecule has 0 aliphatic heterocycles. The van der Waals surface area contributed by atoms with E-state index in [1.165, 1.54) is 0 Å². The van der Waals surface area contributed by atoms with Gasteiger partial charge in [0.2, 0.25) is 5.01 Å². The van der Waals surface area contributed by atoms with Gasteiger partial charge >= 0.3 is 12.1 Å². The molecular formula is C9H6BrF3O3. The molecule has 0 saturated heterocycles. The summed E-state index contributed by atoms with van der Waals surface area (Å²) in [6.45, 7) is 0. The molecule has 0 fully saturated rings. The van der Waals surface area contributed by atoms with E-state index in [0.717, 1.165) is 24.3 Å². The van der Waals surface area contributed by atoms with Gasteiger partial charge in [-0.25, -0.2) is 4.79 Å². The Morgan fingerprint density at radius 1 is 1.31 bits per heavy atom. The Kier molecular flexibility index (Phi) is 3.79. The van der Waals surface area contributed by atoms with Crippen molar-refractivity contribution < 1.29 is 27.8 Å². The molecular weight excluding hydrogens is 293 g/mol. The highest BCUT2D eigenvalue weighted by atomic mass is 79.9. The van der Waals surface area contributed by atoms with E-state index in [9.17, 15) is 18.0 Å². The number of hydrogen-bond donors (Lipinski definition) is 1. The van der Waals surface area contributed by atoms with Gasteiger partial charge < -0.3 is 9.84 Å². The average molecular weight is 299 g/mol. The number of halogens is 4. The standard InChI is InChI=1S/C9H6BrF3O3/c10-7(8(14)15)16-6-3-1-5(2-4-6)9(11,12)13/h1-4,7H,(H,14,15). The average Bonchev–Trinajstić information content (AvgIpc) is 2.17. The van der Waals surface area contributed by atoms with Gasteiger partial charge in [-0.2, -0.15) is 13.2 Å². The summed E-state index contributed by atoms with van der Waals surface area (Å²) in [5.41, 5.74) is -0.818. The van der Waals surface area contributed by atoms with Crippen LogP contribution in [-0.2, 0) is 11.0 Å². The van der Waals surface area contributed by atoms with Crippen molar-refractivity contribution in [2.75, 3.05) is 0 Å². The lowest BCUT2D eigenvalue weighted by atomic mass is 10.2. The van der Waals surface area contributed by atoms with E-state index in [2.05, 4.69) is 15.9 Å².